The molecule has 3 rings (SSSR count). The van der Waals surface area contributed by atoms with Gasteiger partial charge in [-0.25, -0.2) is 9.97 Å². The number of rotatable bonds is 4. The summed E-state index contributed by atoms with van der Waals surface area (Å²) in [5, 5.41) is 3.93. The number of nitrogens with one attached hydrogen (secondary N) is 1. The van der Waals surface area contributed by atoms with Gasteiger partial charge in [-0.15, -0.1) is 0 Å². The normalized spacial score (nSPS) is 27.6. The second-order valence-corrected chi connectivity index (χ2v) is 5.27. The van der Waals surface area contributed by atoms with Gasteiger partial charge in [0.2, 0.25) is 0 Å². The van der Waals surface area contributed by atoms with E-state index in [1.165, 1.54) is 12.8 Å². The van der Waals surface area contributed by atoms with Crippen molar-refractivity contribution in [3.63, 3.8) is 0 Å². The maximum atomic E-state index is 6.01. The molecular weight excluding hydrogens is 238 g/mol. The van der Waals surface area contributed by atoms with Crippen LogP contribution in [0.1, 0.15) is 37.4 Å². The van der Waals surface area contributed by atoms with Gasteiger partial charge < -0.3 is 10.1 Å². The molecule has 0 atom stereocenters. The van der Waals surface area contributed by atoms with Crippen LogP contribution in [0.2, 0.25) is 5.15 Å². The first kappa shape index (κ1) is 11.2. The minimum Gasteiger partial charge on any atom is -0.381 e. The summed E-state index contributed by atoms with van der Waals surface area (Å²) < 4.78 is 5.25. The molecule has 0 aliphatic heterocycles. The van der Waals surface area contributed by atoms with Crippen LogP contribution in [0.15, 0.2) is 6.07 Å². The van der Waals surface area contributed by atoms with Crippen LogP contribution in [0, 0.1) is 0 Å². The Balaban J connectivity index is 1.66. The van der Waals surface area contributed by atoms with Gasteiger partial charge in [0, 0.05) is 25.1 Å². The SMILES string of the molecule is COC1CC(Nc2cc(Cl)nc(C3CC3)n2)C1. The lowest BCUT2D eigenvalue weighted by atomic mass is 9.89. The maximum absolute atomic E-state index is 6.01. The molecule has 1 N–H and O–H groups in total. The van der Waals surface area contributed by atoms with Crippen molar-refractivity contribution in [3.8, 4) is 0 Å². The molecule has 92 valence electrons. The molecule has 17 heavy (non-hydrogen) atoms. The van der Waals surface area contributed by atoms with Crippen molar-refractivity contribution in [2.24, 2.45) is 0 Å². The number of nitrogens with zero attached hydrogens (tertiary/aromatic N) is 2. The Kier molecular flexibility index (Phi) is 2.92. The lowest BCUT2D eigenvalue weighted by molar-refractivity contribution is 0.0328. The van der Waals surface area contributed by atoms with E-state index in [2.05, 4.69) is 15.3 Å². The van der Waals surface area contributed by atoms with Crippen LogP contribution in [0.5, 0.6) is 0 Å². The summed E-state index contributed by atoms with van der Waals surface area (Å²) in [6.07, 6.45) is 4.85. The third-order valence-electron chi connectivity index (χ3n) is 3.43. The largest absolute Gasteiger partial charge is 0.381 e. The van der Waals surface area contributed by atoms with Gasteiger partial charge in [0.15, 0.2) is 0 Å². The van der Waals surface area contributed by atoms with Crippen LogP contribution in [0.3, 0.4) is 0 Å². The van der Waals surface area contributed by atoms with Crippen LogP contribution < -0.4 is 5.32 Å². The van der Waals surface area contributed by atoms with Crippen LogP contribution in [0.25, 0.3) is 0 Å². The quantitative estimate of drug-likeness (QED) is 0.838. The molecule has 0 radical (unpaired) electrons. The average Bonchev–Trinajstić information content (AvgIpc) is 3.05. The fraction of sp³-hybridized carbons (Fsp3) is 0.667. The molecule has 0 saturated heterocycles. The molecule has 1 heterocycles. The van der Waals surface area contributed by atoms with Crippen molar-refractivity contribution < 1.29 is 4.74 Å². The van der Waals surface area contributed by atoms with Crippen molar-refractivity contribution in [1.29, 1.82) is 0 Å². The molecule has 1 aromatic heterocycles. The molecular formula is C12H16ClN3O. The minimum absolute atomic E-state index is 0.396. The zero-order chi connectivity index (χ0) is 11.8. The molecule has 2 aliphatic carbocycles. The molecule has 0 unspecified atom stereocenters. The second kappa shape index (κ2) is 4.42. The molecule has 2 fully saturated rings. The third-order valence-corrected chi connectivity index (χ3v) is 3.63. The van der Waals surface area contributed by atoms with Gasteiger partial charge >= 0.3 is 0 Å². The zero-order valence-electron chi connectivity index (χ0n) is 9.82. The zero-order valence-corrected chi connectivity index (χ0v) is 10.6. The first-order chi connectivity index (χ1) is 8.24. The van der Waals surface area contributed by atoms with E-state index in [-0.39, 0.29) is 0 Å². The van der Waals surface area contributed by atoms with Gasteiger partial charge in [-0.3, -0.25) is 0 Å². The van der Waals surface area contributed by atoms with Crippen LogP contribution >= 0.6 is 11.6 Å². The monoisotopic (exact) mass is 253 g/mol. The van der Waals surface area contributed by atoms with E-state index in [4.69, 9.17) is 16.3 Å². The lowest BCUT2D eigenvalue weighted by Crippen LogP contribution is -2.40. The van der Waals surface area contributed by atoms with Gasteiger partial charge in [0.1, 0.15) is 16.8 Å². The Bertz CT molecular complexity index is 416. The topological polar surface area (TPSA) is 47.0 Å². The molecule has 0 bridgehead atoms. The molecule has 1 aromatic rings. The average molecular weight is 254 g/mol. The summed E-state index contributed by atoms with van der Waals surface area (Å²) in [5.74, 6) is 2.27. The first-order valence-corrected chi connectivity index (χ1v) is 6.46. The van der Waals surface area contributed by atoms with Gasteiger partial charge in [0.05, 0.1) is 6.10 Å². The predicted molar refractivity (Wildman–Crippen MR) is 66.5 cm³/mol. The second-order valence-electron chi connectivity index (χ2n) is 4.88. The van der Waals surface area contributed by atoms with Crippen molar-refractivity contribution in [2.45, 2.75) is 43.7 Å². The first-order valence-electron chi connectivity index (χ1n) is 6.08. The van der Waals surface area contributed by atoms with Gasteiger partial charge in [-0.05, 0) is 25.7 Å². The minimum atomic E-state index is 0.396. The Hall–Kier alpha value is -0.870. The molecule has 2 saturated carbocycles. The van der Waals surface area contributed by atoms with Gasteiger partial charge in [0.25, 0.3) is 0 Å². The number of hydrogen-bond acceptors (Lipinski definition) is 4. The van der Waals surface area contributed by atoms with Crippen molar-refractivity contribution >= 4 is 17.4 Å². The van der Waals surface area contributed by atoms with E-state index < -0.39 is 0 Å². The Labute approximate surface area is 106 Å². The molecule has 2 aliphatic rings. The lowest BCUT2D eigenvalue weighted by Gasteiger charge is -2.34. The summed E-state index contributed by atoms with van der Waals surface area (Å²) in [5.41, 5.74) is 0. The predicted octanol–water partition coefficient (Wildman–Crippen LogP) is 2.60. The van der Waals surface area contributed by atoms with Gasteiger partial charge in [-0.1, -0.05) is 11.6 Å². The number of aromatic nitrogens is 2. The summed E-state index contributed by atoms with van der Waals surface area (Å²) in [6.45, 7) is 0. The number of methoxy groups -OCH3 is 1. The third kappa shape index (κ3) is 2.53. The maximum Gasteiger partial charge on any atom is 0.135 e. The molecule has 0 amide bonds. The molecule has 0 spiro atoms. The van der Waals surface area contributed by atoms with Gasteiger partial charge in [-0.2, -0.15) is 0 Å². The van der Waals surface area contributed by atoms with E-state index in [1.54, 1.807) is 13.2 Å². The fourth-order valence-electron chi connectivity index (χ4n) is 2.12. The Morgan fingerprint density at radius 2 is 2.12 bits per heavy atom. The fourth-order valence-corrected chi connectivity index (χ4v) is 2.31. The van der Waals surface area contributed by atoms with E-state index in [0.717, 1.165) is 24.5 Å². The van der Waals surface area contributed by atoms with E-state index in [1.807, 2.05) is 0 Å². The van der Waals surface area contributed by atoms with Crippen LogP contribution in [-0.2, 0) is 4.74 Å². The van der Waals surface area contributed by atoms with E-state index in [9.17, 15) is 0 Å². The number of ether oxygens (including phenoxy) is 1. The Morgan fingerprint density at radius 1 is 1.35 bits per heavy atom. The Morgan fingerprint density at radius 3 is 2.76 bits per heavy atom. The summed E-state index contributed by atoms with van der Waals surface area (Å²) in [6, 6.07) is 2.26. The summed E-state index contributed by atoms with van der Waals surface area (Å²) in [4.78, 5) is 8.79. The highest BCUT2D eigenvalue weighted by molar-refractivity contribution is 6.29. The number of anilines is 1. The number of halogens is 1. The van der Waals surface area contributed by atoms with Crippen molar-refractivity contribution in [1.82, 2.24) is 9.97 Å². The highest BCUT2D eigenvalue weighted by Crippen LogP contribution is 2.39. The van der Waals surface area contributed by atoms with Crippen molar-refractivity contribution in [2.75, 3.05) is 12.4 Å². The van der Waals surface area contributed by atoms with E-state index >= 15 is 0 Å². The van der Waals surface area contributed by atoms with Crippen molar-refractivity contribution in [3.05, 3.63) is 17.0 Å². The number of hydrogen-bond donors (Lipinski definition) is 1. The standard InChI is InChI=1S/C12H16ClN3O/c1-17-9-4-8(5-9)14-11-6-10(13)15-12(16-11)7-2-3-7/h6-9H,2-5H2,1H3,(H,14,15,16). The smallest absolute Gasteiger partial charge is 0.135 e. The molecule has 4 nitrogen and oxygen atoms in total. The molecule has 0 aromatic carbocycles. The summed E-state index contributed by atoms with van der Waals surface area (Å²) in [7, 11) is 1.76. The summed E-state index contributed by atoms with van der Waals surface area (Å²) >= 11 is 6.01. The molecule has 5 heteroatoms. The highest BCUT2D eigenvalue weighted by atomic mass is 35.5. The highest BCUT2D eigenvalue weighted by Gasteiger charge is 2.30. The van der Waals surface area contributed by atoms with Crippen LogP contribution in [-0.4, -0.2) is 29.2 Å². The van der Waals surface area contributed by atoms with Crippen LogP contribution in [0.4, 0.5) is 5.82 Å². The van der Waals surface area contributed by atoms with E-state index in [0.29, 0.717) is 23.2 Å².